The number of rotatable bonds is 0. The Labute approximate surface area is 42.6 Å². The molecule has 0 amide bonds. The Morgan fingerprint density at radius 1 is 1.57 bits per heavy atom. The zero-order valence-electron chi connectivity index (χ0n) is 3.68. The van der Waals surface area contributed by atoms with Gasteiger partial charge in [0.05, 0.1) is 6.20 Å². The number of nitrogens with one attached hydrogen (secondary N) is 1. The van der Waals surface area contributed by atoms with Crippen molar-refractivity contribution in [3.8, 4) is 0 Å². The monoisotopic (exact) mass is 92.0 g/mol. The van der Waals surface area contributed by atoms with E-state index in [9.17, 15) is 0 Å². The smallest absolute Gasteiger partial charge is 0.0525 e. The molecule has 0 saturated heterocycles. The van der Waals surface area contributed by atoms with Crippen LogP contribution in [0.25, 0.3) is 0 Å². The van der Waals surface area contributed by atoms with Crippen molar-refractivity contribution in [2.75, 3.05) is 0 Å². The molecule has 0 aliphatic heterocycles. The van der Waals surface area contributed by atoms with Gasteiger partial charge in [0.15, 0.2) is 0 Å². The van der Waals surface area contributed by atoms with Gasteiger partial charge in [0.2, 0.25) is 0 Å². The van der Waals surface area contributed by atoms with Crippen molar-refractivity contribution in [1.82, 2.24) is 10.2 Å². The molecule has 2 heteroatoms. The predicted molar refractivity (Wildman–Crippen MR) is 25.4 cm³/mol. The summed E-state index contributed by atoms with van der Waals surface area (Å²) in [6, 6.07) is 0. The van der Waals surface area contributed by atoms with E-state index in [4.69, 9.17) is 13.8 Å². The highest BCUT2D eigenvalue weighted by Gasteiger charge is 1.88. The van der Waals surface area contributed by atoms with Crippen LogP contribution in [-0.4, -0.2) is 10.2 Å². The summed E-state index contributed by atoms with van der Waals surface area (Å²) in [6.07, 6.45) is 1.47. The van der Waals surface area contributed by atoms with Crippen LogP contribution < -0.4 is 0 Å². The molecule has 1 heterocycles. The summed E-state index contributed by atoms with van der Waals surface area (Å²) in [5, 5.41) is 6.02. The first-order valence-corrected chi connectivity index (χ1v) is 1.85. The van der Waals surface area contributed by atoms with Crippen LogP contribution in [0.3, 0.4) is 0 Å². The van der Waals surface area contributed by atoms with Crippen molar-refractivity contribution in [1.29, 1.82) is 0 Å². The molecule has 0 saturated carbocycles. The number of nitrogens with zero attached hydrogens (tertiary/aromatic N) is 1. The minimum absolute atomic E-state index is 0.431. The third kappa shape index (κ3) is 0.633. The van der Waals surface area contributed by atoms with Gasteiger partial charge in [0, 0.05) is 19.5 Å². The molecule has 0 atom stereocenters. The highest BCUT2D eigenvalue weighted by Crippen LogP contribution is 1.96. The number of hydrogen-bond acceptors (Lipinski definition) is 1. The molecule has 0 unspecified atom stereocenters. The van der Waals surface area contributed by atoms with Crippen LogP contribution in [0.2, 0.25) is 0 Å². The average molecular weight is 92.1 g/mol. The molecule has 7 heavy (non-hydrogen) atoms. The van der Waals surface area contributed by atoms with Crippen LogP contribution in [0.1, 0.15) is 11.3 Å². The van der Waals surface area contributed by atoms with E-state index >= 15 is 0 Å². The Morgan fingerprint density at radius 3 is 2.43 bits per heavy atom. The molecule has 0 aromatic carbocycles. The Kier molecular flexibility index (Phi) is 0.855. The molecule has 0 spiro atoms. The minimum atomic E-state index is 0.431. The molecular weight excluding hydrogens is 88.1 g/mol. The number of hydrogen-bond donors (Lipinski definition) is 1. The van der Waals surface area contributed by atoms with E-state index in [0.29, 0.717) is 11.3 Å². The summed E-state index contributed by atoms with van der Waals surface area (Å²) in [6.45, 7) is 10.4. The van der Waals surface area contributed by atoms with E-state index in [2.05, 4.69) is 10.2 Å². The molecule has 0 bridgehead atoms. The number of H-pyrrole nitrogens is 1. The maximum absolute atomic E-state index is 5.22. The summed E-state index contributed by atoms with van der Waals surface area (Å²) in [5.41, 5.74) is 0.931. The molecular formula is C5H4N2. The Bertz CT molecular complexity index is 138. The molecule has 2 nitrogen and oxygen atoms in total. The second kappa shape index (κ2) is 1.37. The SMILES string of the molecule is [CH]c1cn[nH]c1[CH]. The zero-order chi connectivity index (χ0) is 5.28. The second-order valence-corrected chi connectivity index (χ2v) is 1.24. The van der Waals surface area contributed by atoms with Gasteiger partial charge in [-0.15, -0.1) is 0 Å². The maximum atomic E-state index is 5.22. The fourth-order valence-corrected chi connectivity index (χ4v) is 0.305. The van der Waals surface area contributed by atoms with E-state index in [-0.39, 0.29) is 0 Å². The summed E-state index contributed by atoms with van der Waals surface area (Å²) in [4.78, 5) is 0. The highest BCUT2D eigenvalue weighted by atomic mass is 15.1. The molecule has 4 radical (unpaired) electrons. The van der Waals surface area contributed by atoms with Crippen molar-refractivity contribution >= 4 is 0 Å². The van der Waals surface area contributed by atoms with Gasteiger partial charge in [-0.2, -0.15) is 5.10 Å². The molecule has 1 aromatic heterocycles. The number of aromatic amines is 1. The van der Waals surface area contributed by atoms with Gasteiger partial charge in [0.1, 0.15) is 0 Å². The van der Waals surface area contributed by atoms with Crippen LogP contribution in [0, 0.1) is 13.8 Å². The molecule has 0 fully saturated rings. The van der Waals surface area contributed by atoms with Crippen LogP contribution >= 0.6 is 0 Å². The summed E-state index contributed by atoms with van der Waals surface area (Å²) < 4.78 is 0. The quantitative estimate of drug-likeness (QED) is 0.496. The summed E-state index contributed by atoms with van der Waals surface area (Å²) in [7, 11) is 0. The molecule has 1 N–H and O–H groups in total. The van der Waals surface area contributed by atoms with Gasteiger partial charge >= 0.3 is 0 Å². The van der Waals surface area contributed by atoms with Gasteiger partial charge in [-0.25, -0.2) is 0 Å². The minimum Gasteiger partial charge on any atom is -0.282 e. The van der Waals surface area contributed by atoms with E-state index < -0.39 is 0 Å². The van der Waals surface area contributed by atoms with Crippen LogP contribution in [0.4, 0.5) is 0 Å². The topological polar surface area (TPSA) is 28.7 Å². The Morgan fingerprint density at radius 2 is 2.29 bits per heavy atom. The van der Waals surface area contributed by atoms with Gasteiger partial charge in [0.25, 0.3) is 0 Å². The lowest BCUT2D eigenvalue weighted by Gasteiger charge is -1.77. The fraction of sp³-hybridized carbons (Fsp3) is 0. The first-order valence-electron chi connectivity index (χ1n) is 1.85. The normalized spacial score (nSPS) is 9.43. The summed E-state index contributed by atoms with van der Waals surface area (Å²) in [5.74, 6) is 0. The largest absolute Gasteiger partial charge is 0.282 e. The fourth-order valence-electron chi connectivity index (χ4n) is 0.305. The van der Waals surface area contributed by atoms with Gasteiger partial charge in [-0.1, -0.05) is 0 Å². The third-order valence-electron chi connectivity index (χ3n) is 0.700. The molecule has 0 aliphatic rings. The lowest BCUT2D eigenvalue weighted by atomic mass is 10.3. The Balaban J connectivity index is 3.12. The van der Waals surface area contributed by atoms with E-state index in [1.165, 1.54) is 6.20 Å². The van der Waals surface area contributed by atoms with Gasteiger partial charge < -0.3 is 0 Å². The van der Waals surface area contributed by atoms with Crippen molar-refractivity contribution in [3.05, 3.63) is 31.3 Å². The van der Waals surface area contributed by atoms with Crippen molar-refractivity contribution in [3.63, 3.8) is 0 Å². The second-order valence-electron chi connectivity index (χ2n) is 1.24. The Hall–Kier alpha value is -0.790. The first kappa shape index (κ1) is 4.37. The lowest BCUT2D eigenvalue weighted by Crippen LogP contribution is -1.70. The van der Waals surface area contributed by atoms with Gasteiger partial charge in [-0.05, 0) is 5.56 Å². The first-order chi connectivity index (χ1) is 3.30. The average Bonchev–Trinajstić information content (AvgIpc) is 1.91. The van der Waals surface area contributed by atoms with E-state index in [0.717, 1.165) is 0 Å². The molecule has 34 valence electrons. The molecule has 0 aliphatic carbocycles. The van der Waals surface area contributed by atoms with E-state index in [1.54, 1.807) is 0 Å². The summed E-state index contributed by atoms with van der Waals surface area (Å²) >= 11 is 0. The third-order valence-corrected chi connectivity index (χ3v) is 0.700. The number of aromatic nitrogens is 2. The standard InChI is InChI=1S/C5H4N2/c1-4-3-6-7-5(4)2/h1-3H,(H,6,7). The van der Waals surface area contributed by atoms with E-state index in [1.807, 2.05) is 0 Å². The lowest BCUT2D eigenvalue weighted by molar-refractivity contribution is 1.07. The van der Waals surface area contributed by atoms with Crippen LogP contribution in [0.15, 0.2) is 6.20 Å². The van der Waals surface area contributed by atoms with Crippen molar-refractivity contribution < 1.29 is 0 Å². The molecule has 1 aromatic rings. The van der Waals surface area contributed by atoms with Gasteiger partial charge in [-0.3, -0.25) is 5.10 Å². The highest BCUT2D eigenvalue weighted by molar-refractivity contribution is 5.20. The van der Waals surface area contributed by atoms with Crippen molar-refractivity contribution in [2.45, 2.75) is 0 Å². The zero-order valence-corrected chi connectivity index (χ0v) is 3.68. The molecule has 1 rings (SSSR count). The predicted octanol–water partition coefficient (Wildman–Crippen LogP) is 0.528. The van der Waals surface area contributed by atoms with Crippen LogP contribution in [-0.2, 0) is 0 Å². The van der Waals surface area contributed by atoms with Crippen LogP contribution in [0.5, 0.6) is 0 Å². The van der Waals surface area contributed by atoms with Crippen molar-refractivity contribution in [2.24, 2.45) is 0 Å². The maximum Gasteiger partial charge on any atom is 0.0525 e.